The number of rotatable bonds is 6. The molecular formula is C25H23N5O3. The third-order valence-corrected chi connectivity index (χ3v) is 5.53. The van der Waals surface area contributed by atoms with Gasteiger partial charge in [-0.15, -0.1) is 0 Å². The van der Waals surface area contributed by atoms with Crippen molar-refractivity contribution in [2.75, 3.05) is 5.32 Å². The van der Waals surface area contributed by atoms with E-state index in [4.69, 9.17) is 9.72 Å². The predicted molar refractivity (Wildman–Crippen MR) is 125 cm³/mol. The molecular weight excluding hydrogens is 418 g/mol. The Morgan fingerprint density at radius 1 is 1.09 bits per heavy atom. The molecule has 2 heterocycles. The summed E-state index contributed by atoms with van der Waals surface area (Å²) in [5.74, 6) is 0.0856. The third kappa shape index (κ3) is 4.27. The number of carbonyl (C=O) groups excluding carboxylic acids is 1. The maximum atomic E-state index is 13.5. The van der Waals surface area contributed by atoms with Crippen LogP contribution in [0.3, 0.4) is 0 Å². The number of para-hydroxylation sites is 1. The van der Waals surface area contributed by atoms with Crippen molar-refractivity contribution in [2.45, 2.75) is 32.0 Å². The van der Waals surface area contributed by atoms with E-state index in [0.29, 0.717) is 35.6 Å². The molecule has 0 radical (unpaired) electrons. The predicted octanol–water partition coefficient (Wildman–Crippen LogP) is 3.30. The first kappa shape index (κ1) is 20.7. The zero-order valence-corrected chi connectivity index (χ0v) is 18.1. The molecule has 8 nitrogen and oxygen atoms in total. The number of hydrogen-bond donors (Lipinski definition) is 1. The molecule has 33 heavy (non-hydrogen) atoms. The standard InChI is InChI=1S/C25H23N5O3/c1-17(31)33-21-13-12-19(14-21)27-25-28-23-22(24(32)30(25)20-10-6-3-7-11-20)15-26-29(23)16-18-8-4-2-5-9-18/h2-13,15,19,21H,14,16H2,1H3,(H,27,28)/t19-,21+/m0/s1. The smallest absolute Gasteiger partial charge is 0.303 e. The topological polar surface area (TPSA) is 91.0 Å². The number of nitrogens with zero attached hydrogens (tertiary/aromatic N) is 4. The van der Waals surface area contributed by atoms with Crippen LogP contribution in [0, 0.1) is 0 Å². The molecule has 0 saturated heterocycles. The summed E-state index contributed by atoms with van der Waals surface area (Å²) in [5.41, 5.74) is 2.08. The summed E-state index contributed by atoms with van der Waals surface area (Å²) in [6.45, 7) is 1.90. The fraction of sp³-hybridized carbons (Fsp3) is 0.200. The summed E-state index contributed by atoms with van der Waals surface area (Å²) >= 11 is 0. The summed E-state index contributed by atoms with van der Waals surface area (Å²) in [5, 5.41) is 8.25. The first-order chi connectivity index (χ1) is 16.1. The lowest BCUT2D eigenvalue weighted by Crippen LogP contribution is -2.28. The number of fused-ring (bicyclic) bond motifs is 1. The number of hydrogen-bond acceptors (Lipinski definition) is 6. The minimum absolute atomic E-state index is 0.140. The molecule has 1 N–H and O–H groups in total. The number of nitrogens with one attached hydrogen (secondary N) is 1. The Bertz CT molecular complexity index is 1380. The maximum absolute atomic E-state index is 13.5. The van der Waals surface area contributed by atoms with Gasteiger partial charge in [0, 0.05) is 13.3 Å². The van der Waals surface area contributed by atoms with Crippen LogP contribution in [0.5, 0.6) is 0 Å². The van der Waals surface area contributed by atoms with Gasteiger partial charge in [-0.2, -0.15) is 10.1 Å². The Labute approximate surface area is 190 Å². The summed E-state index contributed by atoms with van der Waals surface area (Å²) in [4.78, 5) is 29.7. The van der Waals surface area contributed by atoms with E-state index in [9.17, 15) is 9.59 Å². The van der Waals surface area contributed by atoms with Gasteiger partial charge in [0.05, 0.1) is 24.5 Å². The highest BCUT2D eigenvalue weighted by atomic mass is 16.5. The van der Waals surface area contributed by atoms with E-state index >= 15 is 0 Å². The number of anilines is 1. The van der Waals surface area contributed by atoms with Gasteiger partial charge in [0.15, 0.2) is 5.65 Å². The molecule has 2 aromatic heterocycles. The normalized spacial score (nSPS) is 17.4. The summed E-state index contributed by atoms with van der Waals surface area (Å²) in [6.07, 6.45) is 5.61. The van der Waals surface area contributed by atoms with Crippen LogP contribution in [0.4, 0.5) is 5.95 Å². The van der Waals surface area contributed by atoms with Crippen molar-refractivity contribution in [3.63, 3.8) is 0 Å². The van der Waals surface area contributed by atoms with Crippen LogP contribution in [-0.2, 0) is 16.1 Å². The van der Waals surface area contributed by atoms with Crippen LogP contribution in [-0.4, -0.2) is 37.4 Å². The zero-order chi connectivity index (χ0) is 22.8. The fourth-order valence-electron chi connectivity index (χ4n) is 4.04. The molecule has 0 unspecified atom stereocenters. The molecule has 0 saturated carbocycles. The molecule has 0 fully saturated rings. The van der Waals surface area contributed by atoms with Crippen LogP contribution < -0.4 is 10.9 Å². The SMILES string of the molecule is CC(=O)O[C@@H]1C=C[C@H](Nc2nc3c(cnn3Cc3ccccc3)c(=O)n2-c2ccccc2)C1. The number of ether oxygens (including phenoxy) is 1. The van der Waals surface area contributed by atoms with Crippen LogP contribution in [0.2, 0.25) is 0 Å². The molecule has 5 rings (SSSR count). The maximum Gasteiger partial charge on any atom is 0.303 e. The number of aromatic nitrogens is 4. The number of carbonyl (C=O) groups is 1. The second-order valence-electron chi connectivity index (χ2n) is 7.96. The van der Waals surface area contributed by atoms with Crippen molar-refractivity contribution in [3.05, 3.63) is 94.9 Å². The van der Waals surface area contributed by atoms with Crippen molar-refractivity contribution < 1.29 is 9.53 Å². The Balaban J connectivity index is 1.56. The van der Waals surface area contributed by atoms with Crippen molar-refractivity contribution in [1.29, 1.82) is 0 Å². The van der Waals surface area contributed by atoms with E-state index < -0.39 is 0 Å². The average Bonchev–Trinajstić information content (AvgIpc) is 3.42. The molecule has 4 aromatic rings. The lowest BCUT2D eigenvalue weighted by atomic mass is 10.2. The number of esters is 1. The van der Waals surface area contributed by atoms with Crippen LogP contribution in [0.1, 0.15) is 18.9 Å². The van der Waals surface area contributed by atoms with Crippen molar-refractivity contribution in [3.8, 4) is 5.69 Å². The molecule has 8 heteroatoms. The summed E-state index contributed by atoms with van der Waals surface area (Å²) in [7, 11) is 0. The molecule has 0 bridgehead atoms. The second-order valence-corrected chi connectivity index (χ2v) is 7.96. The van der Waals surface area contributed by atoms with Crippen molar-refractivity contribution >= 4 is 23.0 Å². The van der Waals surface area contributed by atoms with Crippen LogP contribution >= 0.6 is 0 Å². The first-order valence-corrected chi connectivity index (χ1v) is 10.8. The third-order valence-electron chi connectivity index (χ3n) is 5.53. The molecule has 1 aliphatic rings. The van der Waals surface area contributed by atoms with Crippen LogP contribution in [0.15, 0.2) is 83.8 Å². The zero-order valence-electron chi connectivity index (χ0n) is 18.1. The van der Waals surface area contributed by atoms with Crippen LogP contribution in [0.25, 0.3) is 16.7 Å². The Morgan fingerprint density at radius 3 is 2.55 bits per heavy atom. The van der Waals surface area contributed by atoms with E-state index in [1.54, 1.807) is 15.4 Å². The van der Waals surface area contributed by atoms with E-state index in [1.165, 1.54) is 6.92 Å². The molecule has 1 aliphatic carbocycles. The van der Waals surface area contributed by atoms with Gasteiger partial charge >= 0.3 is 5.97 Å². The molecule has 0 amide bonds. The highest BCUT2D eigenvalue weighted by Gasteiger charge is 2.24. The molecule has 0 aliphatic heterocycles. The van der Waals surface area contributed by atoms with Gasteiger partial charge in [-0.3, -0.25) is 9.59 Å². The van der Waals surface area contributed by atoms with Gasteiger partial charge in [-0.1, -0.05) is 54.6 Å². The Morgan fingerprint density at radius 2 is 1.82 bits per heavy atom. The van der Waals surface area contributed by atoms with E-state index in [2.05, 4.69) is 10.4 Å². The van der Waals surface area contributed by atoms with Gasteiger partial charge in [0.1, 0.15) is 11.5 Å². The average molecular weight is 441 g/mol. The Hall–Kier alpha value is -4.20. The molecule has 2 aromatic carbocycles. The summed E-state index contributed by atoms with van der Waals surface area (Å²) in [6, 6.07) is 19.1. The van der Waals surface area contributed by atoms with E-state index in [1.807, 2.05) is 72.8 Å². The van der Waals surface area contributed by atoms with E-state index in [0.717, 1.165) is 5.56 Å². The Kier molecular flexibility index (Phi) is 5.48. The number of benzene rings is 2. The molecule has 2 atom stereocenters. The fourth-order valence-corrected chi connectivity index (χ4v) is 4.04. The van der Waals surface area contributed by atoms with Gasteiger partial charge in [-0.05, 0) is 23.8 Å². The van der Waals surface area contributed by atoms with Gasteiger partial charge in [-0.25, -0.2) is 9.25 Å². The lowest BCUT2D eigenvalue weighted by Gasteiger charge is -2.18. The lowest BCUT2D eigenvalue weighted by molar-refractivity contribution is -0.144. The van der Waals surface area contributed by atoms with Gasteiger partial charge in [0.2, 0.25) is 5.95 Å². The monoisotopic (exact) mass is 441 g/mol. The molecule has 0 spiro atoms. The van der Waals surface area contributed by atoms with E-state index in [-0.39, 0.29) is 23.7 Å². The highest BCUT2D eigenvalue weighted by molar-refractivity contribution is 5.76. The highest BCUT2D eigenvalue weighted by Crippen LogP contribution is 2.22. The van der Waals surface area contributed by atoms with Crippen molar-refractivity contribution in [1.82, 2.24) is 19.3 Å². The quantitative estimate of drug-likeness (QED) is 0.365. The minimum atomic E-state index is -0.323. The first-order valence-electron chi connectivity index (χ1n) is 10.8. The largest absolute Gasteiger partial charge is 0.458 e. The summed E-state index contributed by atoms with van der Waals surface area (Å²) < 4.78 is 8.59. The van der Waals surface area contributed by atoms with Gasteiger partial charge < -0.3 is 10.1 Å². The van der Waals surface area contributed by atoms with Crippen molar-refractivity contribution in [2.24, 2.45) is 0 Å². The second kappa shape index (κ2) is 8.74. The minimum Gasteiger partial charge on any atom is -0.458 e. The molecule has 166 valence electrons. The van der Waals surface area contributed by atoms with Gasteiger partial charge in [0.25, 0.3) is 5.56 Å².